The van der Waals surface area contributed by atoms with Crippen molar-refractivity contribution in [2.75, 3.05) is 0 Å². The summed E-state index contributed by atoms with van der Waals surface area (Å²) in [4.78, 5) is 11.3. The molecule has 4 heteroatoms. The Labute approximate surface area is 133 Å². The fourth-order valence-electron chi connectivity index (χ4n) is 2.04. The molecule has 0 heterocycles. The number of rotatable bonds is 3. The normalized spacial score (nSPS) is 12.2. The van der Waals surface area contributed by atoms with Crippen molar-refractivity contribution in [2.45, 2.75) is 25.4 Å². The van der Waals surface area contributed by atoms with Gasteiger partial charge in [0, 0.05) is 12.0 Å². The summed E-state index contributed by atoms with van der Waals surface area (Å²) in [5, 5.41) is 0. The van der Waals surface area contributed by atoms with Crippen molar-refractivity contribution in [1.29, 1.82) is 0 Å². The molecular formula is C19H15F3O. The van der Waals surface area contributed by atoms with Gasteiger partial charge in [-0.15, -0.1) is 0 Å². The number of alkyl halides is 3. The standard InChI is InChI=1S/C19H15F3O/c1-14-7-10-16(11-8-14)17(13-18(23)19(20,21)22)12-9-15-5-3-2-4-6-15/h2-8,10-11,17H,13H2,1H3/t17-/m1/s1. The molecule has 0 aromatic heterocycles. The van der Waals surface area contributed by atoms with Crippen molar-refractivity contribution >= 4 is 5.78 Å². The molecule has 0 fully saturated rings. The SMILES string of the molecule is Cc1ccc([C@H](C#Cc2ccccc2)CC(=O)C(F)(F)F)cc1. The minimum Gasteiger partial charge on any atom is -0.290 e. The molecule has 1 atom stereocenters. The lowest BCUT2D eigenvalue weighted by atomic mass is 9.93. The number of carbonyl (C=O) groups is 1. The van der Waals surface area contributed by atoms with Gasteiger partial charge in [-0.05, 0) is 24.6 Å². The van der Waals surface area contributed by atoms with Crippen LogP contribution in [0.2, 0.25) is 0 Å². The van der Waals surface area contributed by atoms with E-state index >= 15 is 0 Å². The highest BCUT2D eigenvalue weighted by atomic mass is 19.4. The van der Waals surface area contributed by atoms with E-state index in [0.29, 0.717) is 11.1 Å². The summed E-state index contributed by atoms with van der Waals surface area (Å²) in [7, 11) is 0. The van der Waals surface area contributed by atoms with Crippen molar-refractivity contribution in [3.63, 3.8) is 0 Å². The molecule has 2 rings (SSSR count). The predicted octanol–water partition coefficient (Wildman–Crippen LogP) is 4.65. The third kappa shape index (κ3) is 5.00. The van der Waals surface area contributed by atoms with E-state index in [1.54, 1.807) is 48.5 Å². The summed E-state index contributed by atoms with van der Waals surface area (Å²) in [5.74, 6) is 3.10. The Balaban J connectivity index is 2.30. The molecule has 0 spiro atoms. The third-order valence-corrected chi connectivity index (χ3v) is 3.35. The lowest BCUT2D eigenvalue weighted by molar-refractivity contribution is -0.171. The van der Waals surface area contributed by atoms with Crippen molar-refractivity contribution in [2.24, 2.45) is 0 Å². The van der Waals surface area contributed by atoms with Crippen LogP contribution in [0.3, 0.4) is 0 Å². The van der Waals surface area contributed by atoms with Gasteiger partial charge < -0.3 is 0 Å². The average Bonchev–Trinajstić information content (AvgIpc) is 2.52. The minimum absolute atomic E-state index is 0.608. The van der Waals surface area contributed by atoms with E-state index in [-0.39, 0.29) is 0 Å². The molecule has 1 nitrogen and oxygen atoms in total. The zero-order chi connectivity index (χ0) is 16.9. The summed E-state index contributed by atoms with van der Waals surface area (Å²) in [6, 6.07) is 16.0. The highest BCUT2D eigenvalue weighted by molar-refractivity contribution is 5.85. The van der Waals surface area contributed by atoms with Crippen LogP contribution < -0.4 is 0 Å². The van der Waals surface area contributed by atoms with E-state index < -0.39 is 24.3 Å². The number of hydrogen-bond acceptors (Lipinski definition) is 1. The van der Waals surface area contributed by atoms with Gasteiger partial charge in [-0.25, -0.2) is 0 Å². The molecule has 0 amide bonds. The summed E-state index contributed by atoms with van der Waals surface area (Å²) < 4.78 is 37.7. The van der Waals surface area contributed by atoms with Crippen LogP contribution in [0.1, 0.15) is 29.0 Å². The first-order chi connectivity index (χ1) is 10.9. The van der Waals surface area contributed by atoms with Crippen LogP contribution in [0.15, 0.2) is 54.6 Å². The molecule has 0 aliphatic rings. The maximum absolute atomic E-state index is 12.6. The van der Waals surface area contributed by atoms with Gasteiger partial charge in [-0.2, -0.15) is 13.2 Å². The Kier molecular flexibility index (Phi) is 5.23. The third-order valence-electron chi connectivity index (χ3n) is 3.35. The highest BCUT2D eigenvalue weighted by Crippen LogP contribution is 2.26. The molecule has 0 aliphatic carbocycles. The van der Waals surface area contributed by atoms with E-state index in [1.807, 2.05) is 13.0 Å². The molecule has 0 bridgehead atoms. The molecule has 2 aromatic carbocycles. The van der Waals surface area contributed by atoms with Crippen LogP contribution in [0, 0.1) is 18.8 Å². The first kappa shape index (κ1) is 16.8. The molecule has 2 aromatic rings. The fraction of sp³-hybridized carbons (Fsp3) is 0.211. The largest absolute Gasteiger partial charge is 0.450 e. The molecular weight excluding hydrogens is 301 g/mol. The summed E-state index contributed by atoms with van der Waals surface area (Å²) in [5.41, 5.74) is 2.30. The second-order valence-electron chi connectivity index (χ2n) is 5.22. The number of aryl methyl sites for hydroxylation is 1. The van der Waals surface area contributed by atoms with E-state index in [1.165, 1.54) is 0 Å². The number of carbonyl (C=O) groups excluding carboxylic acids is 1. The number of Topliss-reactive ketones (excluding diaryl/α,β-unsaturated/α-hetero) is 1. The first-order valence-corrected chi connectivity index (χ1v) is 7.09. The Morgan fingerprint density at radius 3 is 2.22 bits per heavy atom. The zero-order valence-corrected chi connectivity index (χ0v) is 12.5. The van der Waals surface area contributed by atoms with Gasteiger partial charge in [0.2, 0.25) is 5.78 Å². The van der Waals surface area contributed by atoms with Gasteiger partial charge in [0.15, 0.2) is 0 Å². The van der Waals surface area contributed by atoms with E-state index in [2.05, 4.69) is 11.8 Å². The van der Waals surface area contributed by atoms with Gasteiger partial charge in [0.1, 0.15) is 0 Å². The summed E-state index contributed by atoms with van der Waals surface area (Å²) in [6.45, 7) is 1.88. The second-order valence-corrected chi connectivity index (χ2v) is 5.22. The lowest BCUT2D eigenvalue weighted by Crippen LogP contribution is -2.24. The quantitative estimate of drug-likeness (QED) is 0.753. The molecule has 0 N–H and O–H groups in total. The van der Waals surface area contributed by atoms with E-state index in [4.69, 9.17) is 0 Å². The monoisotopic (exact) mass is 316 g/mol. The molecule has 0 saturated heterocycles. The van der Waals surface area contributed by atoms with Crippen molar-refractivity contribution in [3.8, 4) is 11.8 Å². The molecule has 0 unspecified atom stereocenters. The molecule has 0 radical (unpaired) electrons. The van der Waals surface area contributed by atoms with Gasteiger partial charge >= 0.3 is 6.18 Å². The van der Waals surface area contributed by atoms with Crippen LogP contribution in [0.25, 0.3) is 0 Å². The molecule has 0 saturated carbocycles. The molecule has 0 aliphatic heterocycles. The predicted molar refractivity (Wildman–Crippen MR) is 82.9 cm³/mol. The lowest BCUT2D eigenvalue weighted by Gasteiger charge is -2.12. The first-order valence-electron chi connectivity index (χ1n) is 7.09. The molecule has 118 valence electrons. The summed E-state index contributed by atoms with van der Waals surface area (Å²) in [6.07, 6.45) is -5.51. The van der Waals surface area contributed by atoms with E-state index in [9.17, 15) is 18.0 Å². The zero-order valence-electron chi connectivity index (χ0n) is 12.5. The van der Waals surface area contributed by atoms with Crippen LogP contribution in [0.4, 0.5) is 13.2 Å². The highest BCUT2D eigenvalue weighted by Gasteiger charge is 2.39. The Bertz CT molecular complexity index is 719. The number of halogens is 3. The van der Waals surface area contributed by atoms with Gasteiger partial charge in [-0.3, -0.25) is 4.79 Å². The maximum Gasteiger partial charge on any atom is 0.450 e. The topological polar surface area (TPSA) is 17.1 Å². The second kappa shape index (κ2) is 7.15. The smallest absolute Gasteiger partial charge is 0.290 e. The van der Waals surface area contributed by atoms with Crippen LogP contribution in [0.5, 0.6) is 0 Å². The van der Waals surface area contributed by atoms with Gasteiger partial charge in [0.05, 0.1) is 5.92 Å². The van der Waals surface area contributed by atoms with Gasteiger partial charge in [-0.1, -0.05) is 59.9 Å². The Morgan fingerprint density at radius 1 is 1.04 bits per heavy atom. The number of ketones is 1. The minimum atomic E-state index is -4.84. The summed E-state index contributed by atoms with van der Waals surface area (Å²) >= 11 is 0. The maximum atomic E-state index is 12.6. The van der Waals surface area contributed by atoms with Crippen molar-refractivity contribution in [1.82, 2.24) is 0 Å². The Morgan fingerprint density at radius 2 is 1.65 bits per heavy atom. The van der Waals surface area contributed by atoms with Crippen LogP contribution in [-0.4, -0.2) is 12.0 Å². The van der Waals surface area contributed by atoms with E-state index in [0.717, 1.165) is 5.56 Å². The fourth-order valence-corrected chi connectivity index (χ4v) is 2.04. The Hall–Kier alpha value is -2.54. The van der Waals surface area contributed by atoms with Crippen molar-refractivity contribution in [3.05, 3.63) is 71.3 Å². The average molecular weight is 316 g/mol. The van der Waals surface area contributed by atoms with Crippen LogP contribution >= 0.6 is 0 Å². The van der Waals surface area contributed by atoms with Gasteiger partial charge in [0.25, 0.3) is 0 Å². The van der Waals surface area contributed by atoms with Crippen molar-refractivity contribution < 1.29 is 18.0 Å². The molecule has 23 heavy (non-hydrogen) atoms. The number of hydrogen-bond donors (Lipinski definition) is 0. The number of benzene rings is 2. The van der Waals surface area contributed by atoms with Crippen LogP contribution in [-0.2, 0) is 4.79 Å².